The standard InChI is InChI=1S/C12H23N5O2S/c1-5-7-13-11-14-8-6-10(16-11)15-9-12(2,3)17-20(4,18)19/h6,8,17H,5,7,9H2,1-4H3,(H2,13,14,15,16). The predicted octanol–water partition coefficient (Wildman–Crippen LogP) is 1.04. The summed E-state index contributed by atoms with van der Waals surface area (Å²) < 4.78 is 25.1. The van der Waals surface area contributed by atoms with Crippen LogP contribution < -0.4 is 15.4 Å². The summed E-state index contributed by atoms with van der Waals surface area (Å²) in [5.74, 6) is 1.22. The first-order valence-electron chi connectivity index (χ1n) is 6.51. The van der Waals surface area contributed by atoms with Crippen molar-refractivity contribution < 1.29 is 8.42 Å². The van der Waals surface area contributed by atoms with Gasteiger partial charge in [0.05, 0.1) is 6.26 Å². The van der Waals surface area contributed by atoms with Gasteiger partial charge in [-0.3, -0.25) is 0 Å². The van der Waals surface area contributed by atoms with Crippen LogP contribution in [0.3, 0.4) is 0 Å². The van der Waals surface area contributed by atoms with Gasteiger partial charge < -0.3 is 10.6 Å². The quantitative estimate of drug-likeness (QED) is 0.664. The molecular formula is C12H23N5O2S. The molecule has 0 bridgehead atoms. The lowest BCUT2D eigenvalue weighted by atomic mass is 10.1. The van der Waals surface area contributed by atoms with Crippen LogP contribution in [0.25, 0.3) is 0 Å². The number of hydrogen-bond acceptors (Lipinski definition) is 6. The van der Waals surface area contributed by atoms with Crippen LogP contribution in [-0.2, 0) is 10.0 Å². The number of nitrogens with one attached hydrogen (secondary N) is 3. The maximum absolute atomic E-state index is 11.3. The van der Waals surface area contributed by atoms with Crippen LogP contribution in [0.4, 0.5) is 11.8 Å². The molecule has 0 saturated carbocycles. The summed E-state index contributed by atoms with van der Waals surface area (Å²) in [5, 5.41) is 6.20. The average molecular weight is 301 g/mol. The topological polar surface area (TPSA) is 96.0 Å². The number of anilines is 2. The number of nitrogens with zero attached hydrogens (tertiary/aromatic N) is 2. The summed E-state index contributed by atoms with van der Waals surface area (Å²) in [4.78, 5) is 8.41. The summed E-state index contributed by atoms with van der Waals surface area (Å²) in [7, 11) is -3.24. The van der Waals surface area contributed by atoms with Crippen molar-refractivity contribution in [2.24, 2.45) is 0 Å². The van der Waals surface area contributed by atoms with E-state index in [1.54, 1.807) is 26.1 Å². The molecule has 0 atom stereocenters. The highest BCUT2D eigenvalue weighted by molar-refractivity contribution is 7.88. The monoisotopic (exact) mass is 301 g/mol. The molecule has 1 rings (SSSR count). The van der Waals surface area contributed by atoms with E-state index in [9.17, 15) is 8.42 Å². The summed E-state index contributed by atoms with van der Waals surface area (Å²) in [5.41, 5.74) is -0.602. The summed E-state index contributed by atoms with van der Waals surface area (Å²) in [6, 6.07) is 1.74. The van der Waals surface area contributed by atoms with Crippen LogP contribution in [0.15, 0.2) is 12.3 Å². The van der Waals surface area contributed by atoms with Gasteiger partial charge in [0.25, 0.3) is 0 Å². The Balaban J connectivity index is 2.60. The zero-order chi connectivity index (χ0) is 15.2. The van der Waals surface area contributed by atoms with Crippen molar-refractivity contribution in [2.45, 2.75) is 32.7 Å². The van der Waals surface area contributed by atoms with Gasteiger partial charge in [0.15, 0.2) is 0 Å². The van der Waals surface area contributed by atoms with Crippen LogP contribution in [-0.4, -0.2) is 43.3 Å². The molecule has 0 spiro atoms. The molecule has 0 fully saturated rings. The second-order valence-electron chi connectivity index (χ2n) is 5.30. The Morgan fingerprint density at radius 2 is 2.00 bits per heavy atom. The fraction of sp³-hybridized carbons (Fsp3) is 0.667. The molecule has 1 aromatic heterocycles. The van der Waals surface area contributed by atoms with E-state index in [4.69, 9.17) is 0 Å². The van der Waals surface area contributed by atoms with Crippen molar-refractivity contribution in [3.63, 3.8) is 0 Å². The highest BCUT2D eigenvalue weighted by atomic mass is 32.2. The van der Waals surface area contributed by atoms with Crippen molar-refractivity contribution in [1.29, 1.82) is 0 Å². The molecule has 114 valence electrons. The van der Waals surface area contributed by atoms with E-state index >= 15 is 0 Å². The van der Waals surface area contributed by atoms with E-state index in [0.29, 0.717) is 18.3 Å². The van der Waals surface area contributed by atoms with E-state index < -0.39 is 15.6 Å². The van der Waals surface area contributed by atoms with Crippen LogP contribution >= 0.6 is 0 Å². The third-order valence-electron chi connectivity index (χ3n) is 2.36. The molecule has 0 aliphatic carbocycles. The summed E-state index contributed by atoms with van der Waals surface area (Å²) >= 11 is 0. The van der Waals surface area contributed by atoms with Crippen LogP contribution in [0, 0.1) is 0 Å². The van der Waals surface area contributed by atoms with Gasteiger partial charge in [-0.1, -0.05) is 6.92 Å². The minimum atomic E-state index is -3.24. The Hall–Kier alpha value is -1.41. The molecule has 0 saturated heterocycles. The van der Waals surface area contributed by atoms with Crippen LogP contribution in [0.2, 0.25) is 0 Å². The number of hydrogen-bond donors (Lipinski definition) is 3. The molecule has 0 radical (unpaired) electrons. The van der Waals surface area contributed by atoms with E-state index in [0.717, 1.165) is 19.2 Å². The molecule has 0 unspecified atom stereocenters. The van der Waals surface area contributed by atoms with Crippen LogP contribution in [0.1, 0.15) is 27.2 Å². The van der Waals surface area contributed by atoms with Gasteiger partial charge >= 0.3 is 0 Å². The zero-order valence-corrected chi connectivity index (χ0v) is 13.2. The largest absolute Gasteiger partial charge is 0.368 e. The number of aromatic nitrogens is 2. The lowest BCUT2D eigenvalue weighted by molar-refractivity contribution is 0.476. The Kier molecular flexibility index (Phi) is 5.70. The van der Waals surface area contributed by atoms with E-state index in [2.05, 4.69) is 32.2 Å². The average Bonchev–Trinajstić information content (AvgIpc) is 2.32. The lowest BCUT2D eigenvalue weighted by Crippen LogP contribution is -2.47. The second kappa shape index (κ2) is 6.85. The molecule has 0 aliphatic rings. The molecule has 20 heavy (non-hydrogen) atoms. The molecular weight excluding hydrogens is 278 g/mol. The maximum Gasteiger partial charge on any atom is 0.224 e. The molecule has 0 aromatic carbocycles. The van der Waals surface area contributed by atoms with Crippen molar-refractivity contribution in [1.82, 2.24) is 14.7 Å². The Morgan fingerprint density at radius 1 is 1.30 bits per heavy atom. The van der Waals surface area contributed by atoms with Gasteiger partial charge in [-0.05, 0) is 26.3 Å². The van der Waals surface area contributed by atoms with Crippen molar-refractivity contribution >= 4 is 21.8 Å². The summed E-state index contributed by atoms with van der Waals surface area (Å²) in [6.45, 7) is 6.90. The van der Waals surface area contributed by atoms with Crippen molar-refractivity contribution in [3.8, 4) is 0 Å². The third kappa shape index (κ3) is 6.67. The normalized spacial score (nSPS) is 12.2. The van der Waals surface area contributed by atoms with E-state index in [1.165, 1.54) is 0 Å². The first-order chi connectivity index (χ1) is 9.22. The van der Waals surface area contributed by atoms with Gasteiger partial charge in [0, 0.05) is 24.8 Å². The molecule has 3 N–H and O–H groups in total. The minimum Gasteiger partial charge on any atom is -0.368 e. The Labute approximate surface area is 120 Å². The lowest BCUT2D eigenvalue weighted by Gasteiger charge is -2.25. The fourth-order valence-corrected chi connectivity index (χ4v) is 2.70. The highest BCUT2D eigenvalue weighted by Gasteiger charge is 2.21. The van der Waals surface area contributed by atoms with E-state index in [1.807, 2.05) is 0 Å². The molecule has 0 aliphatic heterocycles. The maximum atomic E-state index is 11.3. The molecule has 1 heterocycles. The van der Waals surface area contributed by atoms with Gasteiger partial charge in [-0.2, -0.15) is 4.98 Å². The minimum absolute atomic E-state index is 0.421. The van der Waals surface area contributed by atoms with Crippen molar-refractivity contribution in [3.05, 3.63) is 12.3 Å². The highest BCUT2D eigenvalue weighted by Crippen LogP contribution is 2.09. The molecule has 0 amide bonds. The van der Waals surface area contributed by atoms with Gasteiger partial charge in [0.2, 0.25) is 16.0 Å². The molecule has 8 heteroatoms. The second-order valence-corrected chi connectivity index (χ2v) is 7.05. The summed E-state index contributed by atoms with van der Waals surface area (Å²) in [6.07, 6.45) is 3.79. The van der Waals surface area contributed by atoms with Gasteiger partial charge in [-0.25, -0.2) is 18.1 Å². The fourth-order valence-electron chi connectivity index (χ4n) is 1.63. The van der Waals surface area contributed by atoms with E-state index in [-0.39, 0.29) is 0 Å². The Morgan fingerprint density at radius 3 is 2.60 bits per heavy atom. The van der Waals surface area contributed by atoms with Gasteiger partial charge in [0.1, 0.15) is 5.82 Å². The smallest absolute Gasteiger partial charge is 0.224 e. The van der Waals surface area contributed by atoms with Crippen LogP contribution in [0.5, 0.6) is 0 Å². The predicted molar refractivity (Wildman–Crippen MR) is 81.4 cm³/mol. The number of sulfonamides is 1. The molecule has 1 aromatic rings. The molecule has 7 nitrogen and oxygen atoms in total. The number of rotatable bonds is 8. The first kappa shape index (κ1) is 16.6. The Bertz CT molecular complexity index is 530. The van der Waals surface area contributed by atoms with Crippen molar-refractivity contribution in [2.75, 3.05) is 30.0 Å². The zero-order valence-electron chi connectivity index (χ0n) is 12.4. The third-order valence-corrected chi connectivity index (χ3v) is 3.29. The SMILES string of the molecule is CCCNc1nccc(NCC(C)(C)NS(C)(=O)=O)n1. The first-order valence-corrected chi connectivity index (χ1v) is 8.41. The van der Waals surface area contributed by atoms with Gasteiger partial charge in [-0.15, -0.1) is 0 Å².